The van der Waals surface area contributed by atoms with Gasteiger partial charge in [-0.15, -0.1) is 0 Å². The molecule has 1 saturated heterocycles. The molecule has 1 aromatic heterocycles. The Hall–Kier alpha value is -1.39. The number of likely N-dealkylation sites (N-methyl/N-ethyl adjacent to an activating group) is 1. The first-order chi connectivity index (χ1) is 9.74. The minimum atomic E-state index is 0.642. The molecule has 108 valence electrons. The summed E-state index contributed by atoms with van der Waals surface area (Å²) < 4.78 is 1.98. The van der Waals surface area contributed by atoms with Crippen LogP contribution in [0.2, 0.25) is 0 Å². The van der Waals surface area contributed by atoms with Crippen molar-refractivity contribution < 1.29 is 0 Å². The highest BCUT2D eigenvalue weighted by Gasteiger charge is 2.16. The first-order valence-corrected chi connectivity index (χ1v) is 7.56. The van der Waals surface area contributed by atoms with Gasteiger partial charge in [0.05, 0.1) is 11.2 Å². The van der Waals surface area contributed by atoms with Gasteiger partial charge in [-0.1, -0.05) is 24.6 Å². The number of piperidine rings is 1. The number of rotatable bonds is 4. The molecule has 0 spiro atoms. The first-order valence-electron chi connectivity index (χ1n) is 7.56. The predicted octanol–water partition coefficient (Wildman–Crippen LogP) is 2.15. The molecule has 1 unspecified atom stereocenters. The Labute approximate surface area is 120 Å². The predicted molar refractivity (Wildman–Crippen MR) is 82.7 cm³/mol. The van der Waals surface area contributed by atoms with Crippen molar-refractivity contribution in [2.45, 2.75) is 31.8 Å². The second-order valence-electron chi connectivity index (χ2n) is 5.93. The molecule has 0 amide bonds. The second kappa shape index (κ2) is 5.94. The number of aryl methyl sites for hydroxylation is 1. The van der Waals surface area contributed by atoms with E-state index in [0.29, 0.717) is 6.04 Å². The molecule has 4 nitrogen and oxygen atoms in total. The van der Waals surface area contributed by atoms with Gasteiger partial charge in [0.2, 0.25) is 0 Å². The number of nitrogens with one attached hydrogen (secondary N) is 1. The molecule has 0 bridgehead atoms. The Balaban J connectivity index is 1.69. The van der Waals surface area contributed by atoms with Gasteiger partial charge in [0.15, 0.2) is 0 Å². The van der Waals surface area contributed by atoms with Crippen molar-refractivity contribution in [1.82, 2.24) is 20.0 Å². The fraction of sp³-hybridized carbons (Fsp3) is 0.562. The van der Waals surface area contributed by atoms with Crippen LogP contribution in [0, 0.1) is 0 Å². The minimum Gasteiger partial charge on any atom is -0.313 e. The summed E-state index contributed by atoms with van der Waals surface area (Å²) in [5, 5.41) is 9.56. The Kier molecular flexibility index (Phi) is 4.03. The summed E-state index contributed by atoms with van der Waals surface area (Å²) in [5.41, 5.74) is 2.40. The van der Waals surface area contributed by atoms with Crippen molar-refractivity contribution in [3.8, 4) is 0 Å². The maximum atomic E-state index is 4.68. The normalized spacial score (nSPS) is 19.9. The fourth-order valence-electron chi connectivity index (χ4n) is 3.18. The molecule has 1 aromatic carbocycles. The van der Waals surface area contributed by atoms with Gasteiger partial charge in [0.25, 0.3) is 0 Å². The van der Waals surface area contributed by atoms with E-state index in [0.717, 1.165) is 13.1 Å². The van der Waals surface area contributed by atoms with Crippen molar-refractivity contribution in [3.63, 3.8) is 0 Å². The molecule has 0 saturated carbocycles. The lowest BCUT2D eigenvalue weighted by Crippen LogP contribution is -2.42. The first kappa shape index (κ1) is 13.6. The molecule has 1 aliphatic rings. The van der Waals surface area contributed by atoms with Crippen molar-refractivity contribution in [3.05, 3.63) is 30.0 Å². The van der Waals surface area contributed by atoms with E-state index in [9.17, 15) is 0 Å². The zero-order valence-corrected chi connectivity index (χ0v) is 12.5. The number of fused-ring (bicyclic) bond motifs is 1. The molecule has 2 aromatic rings. The van der Waals surface area contributed by atoms with E-state index in [1.165, 1.54) is 42.4 Å². The summed E-state index contributed by atoms with van der Waals surface area (Å²) in [6.07, 6.45) is 3.98. The van der Waals surface area contributed by atoms with Crippen LogP contribution in [-0.4, -0.2) is 40.9 Å². The van der Waals surface area contributed by atoms with Crippen LogP contribution < -0.4 is 5.32 Å². The number of para-hydroxylation sites is 1. The molecule has 1 N–H and O–H groups in total. The molecule has 0 radical (unpaired) electrons. The van der Waals surface area contributed by atoms with E-state index in [1.807, 2.05) is 11.7 Å². The van der Waals surface area contributed by atoms with E-state index < -0.39 is 0 Å². The number of aromatic nitrogens is 2. The van der Waals surface area contributed by atoms with Gasteiger partial charge in [-0.3, -0.25) is 9.58 Å². The van der Waals surface area contributed by atoms with Gasteiger partial charge in [0, 0.05) is 31.6 Å². The Bertz CT molecular complexity index is 569. The quantitative estimate of drug-likeness (QED) is 0.926. The van der Waals surface area contributed by atoms with Gasteiger partial charge in [-0.25, -0.2) is 0 Å². The maximum absolute atomic E-state index is 4.68. The third-order valence-electron chi connectivity index (χ3n) is 4.20. The van der Waals surface area contributed by atoms with Crippen molar-refractivity contribution >= 4 is 10.9 Å². The minimum absolute atomic E-state index is 0.642. The van der Waals surface area contributed by atoms with E-state index in [-0.39, 0.29) is 0 Å². The lowest BCUT2D eigenvalue weighted by Gasteiger charge is -2.27. The van der Waals surface area contributed by atoms with Crippen LogP contribution in [-0.2, 0) is 13.6 Å². The Morgan fingerprint density at radius 2 is 2.20 bits per heavy atom. The third kappa shape index (κ3) is 2.86. The monoisotopic (exact) mass is 272 g/mol. The van der Waals surface area contributed by atoms with Crippen LogP contribution in [0.5, 0.6) is 0 Å². The summed E-state index contributed by atoms with van der Waals surface area (Å²) in [5.74, 6) is 0. The van der Waals surface area contributed by atoms with Crippen LogP contribution >= 0.6 is 0 Å². The Morgan fingerprint density at radius 3 is 3.00 bits per heavy atom. The summed E-state index contributed by atoms with van der Waals surface area (Å²) in [6.45, 7) is 3.19. The average Bonchev–Trinajstić information content (AvgIpc) is 2.77. The van der Waals surface area contributed by atoms with E-state index in [4.69, 9.17) is 0 Å². The van der Waals surface area contributed by atoms with Gasteiger partial charge in [0.1, 0.15) is 0 Å². The van der Waals surface area contributed by atoms with E-state index >= 15 is 0 Å². The third-order valence-corrected chi connectivity index (χ3v) is 4.20. The lowest BCUT2D eigenvalue weighted by molar-refractivity contribution is 0.254. The van der Waals surface area contributed by atoms with Crippen molar-refractivity contribution in [1.29, 1.82) is 0 Å². The van der Waals surface area contributed by atoms with Crippen LogP contribution in [0.15, 0.2) is 24.3 Å². The molecule has 3 rings (SSSR count). The van der Waals surface area contributed by atoms with Crippen LogP contribution in [0.25, 0.3) is 10.9 Å². The highest BCUT2D eigenvalue weighted by atomic mass is 15.3. The zero-order chi connectivity index (χ0) is 13.9. The second-order valence-corrected chi connectivity index (χ2v) is 5.93. The number of nitrogens with zero attached hydrogens (tertiary/aromatic N) is 3. The Morgan fingerprint density at radius 1 is 1.35 bits per heavy atom. The number of hydrogen-bond donors (Lipinski definition) is 1. The summed E-state index contributed by atoms with van der Waals surface area (Å²) in [6, 6.07) is 9.11. The van der Waals surface area contributed by atoms with Gasteiger partial charge < -0.3 is 5.32 Å². The molecule has 1 fully saturated rings. The highest BCUT2D eigenvalue weighted by molar-refractivity contribution is 5.81. The van der Waals surface area contributed by atoms with Crippen LogP contribution in [0.4, 0.5) is 0 Å². The average molecular weight is 272 g/mol. The lowest BCUT2D eigenvalue weighted by atomic mass is 10.0. The maximum Gasteiger partial charge on any atom is 0.0843 e. The zero-order valence-electron chi connectivity index (χ0n) is 12.5. The topological polar surface area (TPSA) is 33.1 Å². The number of benzene rings is 1. The van der Waals surface area contributed by atoms with Crippen molar-refractivity contribution in [2.24, 2.45) is 7.05 Å². The highest BCUT2D eigenvalue weighted by Crippen LogP contribution is 2.19. The summed E-state index contributed by atoms with van der Waals surface area (Å²) in [4.78, 5) is 2.39. The number of hydrogen-bond acceptors (Lipinski definition) is 3. The molecule has 2 heterocycles. The molecule has 1 aliphatic heterocycles. The molecule has 1 atom stereocenters. The van der Waals surface area contributed by atoms with Crippen LogP contribution in [0.3, 0.4) is 0 Å². The summed E-state index contributed by atoms with van der Waals surface area (Å²) in [7, 11) is 4.22. The smallest absolute Gasteiger partial charge is 0.0843 e. The molecule has 20 heavy (non-hydrogen) atoms. The van der Waals surface area contributed by atoms with Crippen molar-refractivity contribution in [2.75, 3.05) is 20.1 Å². The SMILES string of the molecule is CN(Cc1nn(C)c2ccccc12)CC1CCCCN1. The molecular weight excluding hydrogens is 248 g/mol. The standard InChI is InChI=1S/C16H24N4/c1-19(11-13-7-5-6-10-17-13)12-15-14-8-3-4-9-16(14)20(2)18-15/h3-4,8-9,13,17H,5-7,10-12H2,1-2H3. The van der Waals surface area contributed by atoms with Crippen LogP contribution in [0.1, 0.15) is 25.0 Å². The van der Waals surface area contributed by atoms with E-state index in [1.54, 1.807) is 0 Å². The molecule has 4 heteroatoms. The largest absolute Gasteiger partial charge is 0.313 e. The molecule has 0 aliphatic carbocycles. The van der Waals surface area contributed by atoms with E-state index in [2.05, 4.69) is 46.6 Å². The van der Waals surface area contributed by atoms with Gasteiger partial charge in [-0.2, -0.15) is 5.10 Å². The van der Waals surface area contributed by atoms with Gasteiger partial charge >= 0.3 is 0 Å². The molecular formula is C16H24N4. The summed E-state index contributed by atoms with van der Waals surface area (Å²) >= 11 is 0. The fourth-order valence-corrected chi connectivity index (χ4v) is 3.18. The van der Waals surface area contributed by atoms with Gasteiger partial charge in [-0.05, 0) is 32.5 Å².